The minimum Gasteiger partial charge on any atom is -0.454 e. The van der Waals surface area contributed by atoms with Crippen LogP contribution in [-0.2, 0) is 19.6 Å². The molecule has 176 valence electrons. The summed E-state index contributed by atoms with van der Waals surface area (Å²) >= 11 is 0. The molecule has 0 radical (unpaired) electrons. The zero-order valence-electron chi connectivity index (χ0n) is 18.3. The SMILES string of the molecule is Cc1ccc(NC(=O)COC(=O)c2ccc3c(c2)OCO3)cc1S(=O)(=O)N1CCCCCC1. The molecule has 0 spiro atoms. The lowest BCUT2D eigenvalue weighted by atomic mass is 10.2. The van der Waals surface area contributed by atoms with Crippen LogP contribution in [0.4, 0.5) is 5.69 Å². The Labute approximate surface area is 192 Å². The van der Waals surface area contributed by atoms with Gasteiger partial charge in [-0.2, -0.15) is 4.31 Å². The lowest BCUT2D eigenvalue weighted by molar-refractivity contribution is -0.119. The van der Waals surface area contributed by atoms with Gasteiger partial charge in [-0.3, -0.25) is 4.79 Å². The van der Waals surface area contributed by atoms with Crippen LogP contribution < -0.4 is 14.8 Å². The molecule has 2 aromatic carbocycles. The van der Waals surface area contributed by atoms with E-state index in [1.165, 1.54) is 22.5 Å². The normalized spacial score (nSPS) is 16.2. The van der Waals surface area contributed by atoms with Gasteiger partial charge in [-0.1, -0.05) is 18.9 Å². The van der Waals surface area contributed by atoms with Crippen molar-refractivity contribution in [3.63, 3.8) is 0 Å². The van der Waals surface area contributed by atoms with E-state index in [1.54, 1.807) is 25.1 Å². The fourth-order valence-corrected chi connectivity index (χ4v) is 5.58. The van der Waals surface area contributed by atoms with Gasteiger partial charge in [-0.25, -0.2) is 13.2 Å². The van der Waals surface area contributed by atoms with Crippen molar-refractivity contribution in [1.82, 2.24) is 4.31 Å². The molecular formula is C23H26N2O7S. The topological polar surface area (TPSA) is 111 Å². The summed E-state index contributed by atoms with van der Waals surface area (Å²) in [6, 6.07) is 9.33. The number of ether oxygens (including phenoxy) is 3. The maximum absolute atomic E-state index is 13.2. The predicted molar refractivity (Wildman–Crippen MR) is 120 cm³/mol. The second-order valence-corrected chi connectivity index (χ2v) is 9.90. The Morgan fingerprint density at radius 3 is 2.48 bits per heavy atom. The lowest BCUT2D eigenvalue weighted by Crippen LogP contribution is -2.32. The fraction of sp³-hybridized carbons (Fsp3) is 0.391. The lowest BCUT2D eigenvalue weighted by Gasteiger charge is -2.21. The molecule has 10 heteroatoms. The average molecular weight is 475 g/mol. The van der Waals surface area contributed by atoms with Gasteiger partial charge >= 0.3 is 5.97 Å². The smallest absolute Gasteiger partial charge is 0.338 e. The zero-order valence-corrected chi connectivity index (χ0v) is 19.2. The summed E-state index contributed by atoms with van der Waals surface area (Å²) in [6.45, 7) is 2.28. The van der Waals surface area contributed by atoms with E-state index in [1.807, 2.05) is 0 Å². The number of amides is 1. The molecular weight excluding hydrogens is 448 g/mol. The van der Waals surface area contributed by atoms with Crippen molar-refractivity contribution < 1.29 is 32.2 Å². The van der Waals surface area contributed by atoms with Crippen LogP contribution in [0.25, 0.3) is 0 Å². The summed E-state index contributed by atoms with van der Waals surface area (Å²) in [5, 5.41) is 2.60. The maximum atomic E-state index is 13.2. The average Bonchev–Trinajstić information content (AvgIpc) is 3.09. The standard InChI is InChI=1S/C23H26N2O7S/c1-16-6-8-18(13-21(16)33(28,29)25-10-4-2-3-5-11-25)24-22(26)14-30-23(27)17-7-9-19-20(12-17)32-15-31-19/h6-9,12-13H,2-5,10-11,14-15H2,1H3,(H,24,26). The second kappa shape index (κ2) is 9.80. The predicted octanol–water partition coefficient (Wildman–Crippen LogP) is 3.08. The van der Waals surface area contributed by atoms with Gasteiger partial charge < -0.3 is 19.5 Å². The molecule has 2 heterocycles. The first-order chi connectivity index (χ1) is 15.8. The van der Waals surface area contributed by atoms with Gasteiger partial charge in [0.1, 0.15) is 0 Å². The summed E-state index contributed by atoms with van der Waals surface area (Å²) in [5.74, 6) is -0.288. The maximum Gasteiger partial charge on any atom is 0.338 e. The molecule has 33 heavy (non-hydrogen) atoms. The number of aryl methyl sites for hydroxylation is 1. The molecule has 1 fully saturated rings. The Kier molecular flexibility index (Phi) is 6.85. The van der Waals surface area contributed by atoms with E-state index in [4.69, 9.17) is 14.2 Å². The molecule has 2 aliphatic rings. The third-order valence-corrected chi connectivity index (χ3v) is 7.64. The largest absolute Gasteiger partial charge is 0.454 e. The van der Waals surface area contributed by atoms with E-state index in [9.17, 15) is 18.0 Å². The van der Waals surface area contributed by atoms with Gasteiger partial charge in [0.05, 0.1) is 10.5 Å². The Hall–Kier alpha value is -3.11. The third-order valence-electron chi connectivity index (χ3n) is 5.60. The number of carbonyl (C=O) groups is 2. The number of hydrogen-bond acceptors (Lipinski definition) is 7. The molecule has 0 bridgehead atoms. The van der Waals surface area contributed by atoms with Crippen molar-refractivity contribution in [2.75, 3.05) is 31.8 Å². The van der Waals surface area contributed by atoms with Crippen molar-refractivity contribution in [3.05, 3.63) is 47.5 Å². The first-order valence-corrected chi connectivity index (χ1v) is 12.3. The summed E-state index contributed by atoms with van der Waals surface area (Å²) in [5.41, 5.74) is 1.15. The molecule has 0 aromatic heterocycles. The molecule has 4 rings (SSSR count). The van der Waals surface area contributed by atoms with E-state index in [2.05, 4.69) is 5.32 Å². The van der Waals surface area contributed by atoms with Crippen LogP contribution in [0.1, 0.15) is 41.6 Å². The van der Waals surface area contributed by atoms with Crippen LogP contribution in [0.5, 0.6) is 11.5 Å². The molecule has 2 aromatic rings. The molecule has 1 amide bonds. The van der Waals surface area contributed by atoms with E-state index < -0.39 is 28.5 Å². The van der Waals surface area contributed by atoms with Gasteiger partial charge in [0, 0.05) is 18.8 Å². The number of rotatable bonds is 6. The number of benzene rings is 2. The number of nitrogens with zero attached hydrogens (tertiary/aromatic N) is 1. The third kappa shape index (κ3) is 5.28. The highest BCUT2D eigenvalue weighted by atomic mass is 32.2. The Bertz CT molecular complexity index is 1160. The zero-order chi connectivity index (χ0) is 23.4. The van der Waals surface area contributed by atoms with Gasteiger partial charge in [0.2, 0.25) is 16.8 Å². The first kappa shape index (κ1) is 23.1. The van der Waals surface area contributed by atoms with Gasteiger partial charge in [-0.15, -0.1) is 0 Å². The summed E-state index contributed by atoms with van der Waals surface area (Å²) in [6.07, 6.45) is 3.71. The minimum atomic E-state index is -3.67. The van der Waals surface area contributed by atoms with Crippen LogP contribution in [0, 0.1) is 6.92 Å². The fourth-order valence-electron chi connectivity index (χ4n) is 3.81. The van der Waals surface area contributed by atoms with E-state index in [0.29, 0.717) is 35.8 Å². The summed E-state index contributed by atoms with van der Waals surface area (Å²) in [4.78, 5) is 24.8. The van der Waals surface area contributed by atoms with Crippen LogP contribution in [-0.4, -0.2) is 51.1 Å². The van der Waals surface area contributed by atoms with Crippen LogP contribution in [0.3, 0.4) is 0 Å². The van der Waals surface area contributed by atoms with Gasteiger partial charge in [0.15, 0.2) is 18.1 Å². The number of carbonyl (C=O) groups excluding carboxylic acids is 2. The van der Waals surface area contributed by atoms with Gasteiger partial charge in [0.25, 0.3) is 5.91 Å². The number of esters is 1. The molecule has 1 N–H and O–H groups in total. The Morgan fingerprint density at radius 2 is 1.73 bits per heavy atom. The molecule has 9 nitrogen and oxygen atoms in total. The molecule has 0 saturated carbocycles. The van der Waals surface area contributed by atoms with Crippen LogP contribution in [0.15, 0.2) is 41.3 Å². The number of fused-ring (bicyclic) bond motifs is 1. The van der Waals surface area contributed by atoms with Crippen LogP contribution in [0.2, 0.25) is 0 Å². The van der Waals surface area contributed by atoms with Crippen LogP contribution >= 0.6 is 0 Å². The number of anilines is 1. The summed E-state index contributed by atoms with van der Waals surface area (Å²) in [7, 11) is -3.67. The molecule has 0 unspecified atom stereocenters. The van der Waals surface area contributed by atoms with Crippen molar-refractivity contribution in [1.29, 1.82) is 0 Å². The monoisotopic (exact) mass is 474 g/mol. The first-order valence-electron chi connectivity index (χ1n) is 10.8. The highest BCUT2D eigenvalue weighted by Crippen LogP contribution is 2.32. The Balaban J connectivity index is 1.39. The molecule has 0 atom stereocenters. The van der Waals surface area contributed by atoms with E-state index in [-0.39, 0.29) is 17.3 Å². The molecule has 0 aliphatic carbocycles. The van der Waals surface area contributed by atoms with Crippen molar-refractivity contribution in [3.8, 4) is 11.5 Å². The molecule has 2 aliphatic heterocycles. The quantitative estimate of drug-likeness (QED) is 0.641. The molecule has 1 saturated heterocycles. The minimum absolute atomic E-state index is 0.0856. The number of hydrogen-bond donors (Lipinski definition) is 1. The van der Waals surface area contributed by atoms with Gasteiger partial charge in [-0.05, 0) is 55.7 Å². The number of sulfonamides is 1. The number of nitrogens with one attached hydrogen (secondary N) is 1. The highest BCUT2D eigenvalue weighted by Gasteiger charge is 2.27. The second-order valence-electron chi connectivity index (χ2n) is 7.99. The van der Waals surface area contributed by atoms with E-state index >= 15 is 0 Å². The van der Waals surface area contributed by atoms with Crippen molar-refractivity contribution in [2.45, 2.75) is 37.5 Å². The van der Waals surface area contributed by atoms with E-state index in [0.717, 1.165) is 25.7 Å². The van der Waals surface area contributed by atoms with Crippen molar-refractivity contribution in [2.24, 2.45) is 0 Å². The van der Waals surface area contributed by atoms with Crippen molar-refractivity contribution >= 4 is 27.6 Å². The highest BCUT2D eigenvalue weighted by molar-refractivity contribution is 7.89. The Morgan fingerprint density at radius 1 is 1.00 bits per heavy atom. The summed E-state index contributed by atoms with van der Waals surface area (Å²) < 4.78 is 43.4.